The van der Waals surface area contributed by atoms with E-state index < -0.39 is 0 Å². The van der Waals surface area contributed by atoms with E-state index in [2.05, 4.69) is 20.2 Å². The van der Waals surface area contributed by atoms with Crippen LogP contribution in [0.15, 0.2) is 36.5 Å². The van der Waals surface area contributed by atoms with Crippen molar-refractivity contribution in [1.29, 1.82) is 0 Å². The molecule has 5 heteroatoms. The highest BCUT2D eigenvalue weighted by Crippen LogP contribution is 2.15. The molecule has 0 saturated carbocycles. The fourth-order valence-electron chi connectivity index (χ4n) is 2.82. The van der Waals surface area contributed by atoms with Gasteiger partial charge in [-0.2, -0.15) is 0 Å². The molecule has 5 nitrogen and oxygen atoms in total. The number of piperidine rings is 1. The van der Waals surface area contributed by atoms with Crippen LogP contribution < -0.4 is 10.2 Å². The van der Waals surface area contributed by atoms with Gasteiger partial charge >= 0.3 is 0 Å². The van der Waals surface area contributed by atoms with Crippen molar-refractivity contribution in [2.75, 3.05) is 18.0 Å². The molecule has 1 aromatic carbocycles. The second-order valence-electron chi connectivity index (χ2n) is 5.89. The zero-order valence-corrected chi connectivity index (χ0v) is 13.5. The lowest BCUT2D eigenvalue weighted by Crippen LogP contribution is -2.31. The number of hydrogen-bond donors (Lipinski definition) is 1. The third-order valence-corrected chi connectivity index (χ3v) is 4.16. The molecule has 3 rings (SSSR count). The van der Waals surface area contributed by atoms with Gasteiger partial charge in [-0.15, -0.1) is 0 Å². The first-order chi connectivity index (χ1) is 11.2. The van der Waals surface area contributed by atoms with Crippen molar-refractivity contribution in [3.05, 3.63) is 53.3 Å². The average Bonchev–Trinajstić information content (AvgIpc) is 2.61. The molecule has 1 N–H and O–H groups in total. The van der Waals surface area contributed by atoms with Crippen molar-refractivity contribution in [1.82, 2.24) is 15.3 Å². The molecule has 2 aromatic rings. The van der Waals surface area contributed by atoms with E-state index in [0.717, 1.165) is 30.3 Å². The summed E-state index contributed by atoms with van der Waals surface area (Å²) in [6, 6.07) is 9.44. The van der Waals surface area contributed by atoms with Gasteiger partial charge in [0.1, 0.15) is 0 Å². The number of hydrogen-bond acceptors (Lipinski definition) is 4. The number of carbonyl (C=O) groups is 1. The monoisotopic (exact) mass is 310 g/mol. The molecule has 0 bridgehead atoms. The maximum atomic E-state index is 12.3. The third-order valence-electron chi connectivity index (χ3n) is 4.16. The molecule has 0 atom stereocenters. The van der Waals surface area contributed by atoms with Crippen LogP contribution in [-0.2, 0) is 6.54 Å². The van der Waals surface area contributed by atoms with Gasteiger partial charge in [0.05, 0.1) is 12.2 Å². The van der Waals surface area contributed by atoms with Crippen LogP contribution in [-0.4, -0.2) is 29.0 Å². The molecule has 0 spiro atoms. The van der Waals surface area contributed by atoms with E-state index in [-0.39, 0.29) is 5.91 Å². The van der Waals surface area contributed by atoms with Crippen LogP contribution in [0.4, 0.5) is 5.95 Å². The number of benzene rings is 1. The van der Waals surface area contributed by atoms with Crippen LogP contribution in [0, 0.1) is 6.92 Å². The molecule has 1 fully saturated rings. The zero-order chi connectivity index (χ0) is 16.1. The predicted molar refractivity (Wildman–Crippen MR) is 90.4 cm³/mol. The van der Waals surface area contributed by atoms with E-state index in [1.807, 2.05) is 37.3 Å². The zero-order valence-electron chi connectivity index (χ0n) is 13.5. The summed E-state index contributed by atoms with van der Waals surface area (Å²) < 4.78 is 0. The molecule has 0 radical (unpaired) electrons. The van der Waals surface area contributed by atoms with Crippen LogP contribution in [0.3, 0.4) is 0 Å². The molecule has 2 heterocycles. The van der Waals surface area contributed by atoms with Gasteiger partial charge in [-0.1, -0.05) is 18.2 Å². The molecular formula is C18H22N4O. The average molecular weight is 310 g/mol. The van der Waals surface area contributed by atoms with Gasteiger partial charge in [0.2, 0.25) is 5.95 Å². The molecule has 1 saturated heterocycles. The van der Waals surface area contributed by atoms with E-state index in [9.17, 15) is 4.79 Å². The number of anilines is 1. The van der Waals surface area contributed by atoms with Crippen LogP contribution in [0.5, 0.6) is 0 Å². The van der Waals surface area contributed by atoms with Gasteiger partial charge in [-0.3, -0.25) is 4.79 Å². The van der Waals surface area contributed by atoms with E-state index in [4.69, 9.17) is 0 Å². The summed E-state index contributed by atoms with van der Waals surface area (Å²) in [5.41, 5.74) is 2.52. The maximum Gasteiger partial charge on any atom is 0.251 e. The molecule has 0 aliphatic carbocycles. The summed E-state index contributed by atoms with van der Waals surface area (Å²) in [4.78, 5) is 23.4. The number of aryl methyl sites for hydroxylation is 1. The number of nitrogens with one attached hydrogen (secondary N) is 1. The Morgan fingerprint density at radius 1 is 1.17 bits per heavy atom. The van der Waals surface area contributed by atoms with Gasteiger partial charge < -0.3 is 10.2 Å². The Balaban J connectivity index is 1.64. The summed E-state index contributed by atoms with van der Waals surface area (Å²) in [7, 11) is 0. The fraction of sp³-hybridized carbons (Fsp3) is 0.389. The highest BCUT2D eigenvalue weighted by Gasteiger charge is 2.14. The van der Waals surface area contributed by atoms with Crippen LogP contribution in [0.2, 0.25) is 0 Å². The molecule has 1 aromatic heterocycles. The number of rotatable bonds is 4. The summed E-state index contributed by atoms with van der Waals surface area (Å²) in [6.45, 7) is 4.38. The summed E-state index contributed by atoms with van der Waals surface area (Å²) in [5.74, 6) is 0.702. The minimum absolute atomic E-state index is 0.0683. The number of nitrogens with zero attached hydrogens (tertiary/aromatic N) is 3. The first-order valence-corrected chi connectivity index (χ1v) is 8.15. The summed E-state index contributed by atoms with van der Waals surface area (Å²) in [6.07, 6.45) is 5.43. The molecule has 1 aliphatic rings. The van der Waals surface area contributed by atoms with Crippen LogP contribution in [0.1, 0.15) is 40.9 Å². The Morgan fingerprint density at radius 3 is 2.74 bits per heavy atom. The van der Waals surface area contributed by atoms with Gasteiger partial charge in [0.25, 0.3) is 5.91 Å². The third kappa shape index (κ3) is 3.86. The van der Waals surface area contributed by atoms with Crippen molar-refractivity contribution in [3.8, 4) is 0 Å². The lowest BCUT2D eigenvalue weighted by molar-refractivity contribution is 0.0950. The molecule has 1 amide bonds. The fourth-order valence-corrected chi connectivity index (χ4v) is 2.82. The van der Waals surface area contributed by atoms with Crippen molar-refractivity contribution in [2.24, 2.45) is 0 Å². The van der Waals surface area contributed by atoms with Crippen molar-refractivity contribution in [3.63, 3.8) is 0 Å². The van der Waals surface area contributed by atoms with Crippen molar-refractivity contribution in [2.45, 2.75) is 32.7 Å². The van der Waals surface area contributed by atoms with Crippen LogP contribution >= 0.6 is 0 Å². The quantitative estimate of drug-likeness (QED) is 0.943. The van der Waals surface area contributed by atoms with E-state index in [0.29, 0.717) is 12.1 Å². The van der Waals surface area contributed by atoms with Gasteiger partial charge in [-0.05, 0) is 43.9 Å². The minimum Gasteiger partial charge on any atom is -0.346 e. The lowest BCUT2D eigenvalue weighted by atomic mass is 10.1. The molecule has 23 heavy (non-hydrogen) atoms. The smallest absolute Gasteiger partial charge is 0.251 e. The first kappa shape index (κ1) is 15.5. The molecule has 1 aliphatic heterocycles. The Morgan fingerprint density at radius 2 is 1.96 bits per heavy atom. The highest BCUT2D eigenvalue weighted by atomic mass is 16.1. The number of amides is 1. The molecule has 0 unspecified atom stereocenters. The van der Waals surface area contributed by atoms with E-state index in [1.54, 1.807) is 6.20 Å². The standard InChI is InChI=1S/C18H22N4O/c1-14-7-3-4-8-16(14)17(23)20-13-15-9-10-19-18(21-15)22-11-5-2-6-12-22/h3-4,7-10H,2,5-6,11-13H2,1H3,(H,20,23). The van der Waals surface area contributed by atoms with E-state index in [1.165, 1.54) is 19.3 Å². The number of carbonyl (C=O) groups excluding carboxylic acids is 1. The van der Waals surface area contributed by atoms with Gasteiger partial charge in [0, 0.05) is 24.8 Å². The predicted octanol–water partition coefficient (Wildman–Crippen LogP) is 2.71. The second-order valence-corrected chi connectivity index (χ2v) is 5.89. The normalized spacial score (nSPS) is 14.6. The SMILES string of the molecule is Cc1ccccc1C(=O)NCc1ccnc(N2CCCCC2)n1. The Labute approximate surface area is 136 Å². The maximum absolute atomic E-state index is 12.3. The minimum atomic E-state index is -0.0683. The summed E-state index contributed by atoms with van der Waals surface area (Å²) >= 11 is 0. The van der Waals surface area contributed by atoms with Crippen molar-refractivity contribution < 1.29 is 4.79 Å². The Kier molecular flexibility index (Phi) is 4.86. The molecular weight excluding hydrogens is 288 g/mol. The largest absolute Gasteiger partial charge is 0.346 e. The molecule has 120 valence electrons. The Bertz CT molecular complexity index is 680. The number of aromatic nitrogens is 2. The van der Waals surface area contributed by atoms with Crippen LogP contribution in [0.25, 0.3) is 0 Å². The first-order valence-electron chi connectivity index (χ1n) is 8.15. The van der Waals surface area contributed by atoms with E-state index >= 15 is 0 Å². The lowest BCUT2D eigenvalue weighted by Gasteiger charge is -2.26. The second kappa shape index (κ2) is 7.22. The summed E-state index contributed by atoms with van der Waals surface area (Å²) in [5, 5.41) is 2.94. The topological polar surface area (TPSA) is 58.1 Å². The van der Waals surface area contributed by atoms with Gasteiger partial charge in [-0.25, -0.2) is 9.97 Å². The highest BCUT2D eigenvalue weighted by molar-refractivity contribution is 5.95. The van der Waals surface area contributed by atoms with Gasteiger partial charge in [0.15, 0.2) is 0 Å². The van der Waals surface area contributed by atoms with Crippen molar-refractivity contribution >= 4 is 11.9 Å². The Hall–Kier alpha value is -2.43.